The maximum atomic E-state index is 11.1. The van der Waals surface area contributed by atoms with Gasteiger partial charge in [-0.15, -0.1) is 0 Å². The molecule has 0 saturated carbocycles. The molecule has 1 saturated heterocycles. The van der Waals surface area contributed by atoms with E-state index in [0.29, 0.717) is 5.02 Å². The molecule has 16 heavy (non-hydrogen) atoms. The van der Waals surface area contributed by atoms with Crippen LogP contribution in [0.4, 0.5) is 11.4 Å². The minimum Gasteiger partial charge on any atom is -0.370 e. The Morgan fingerprint density at radius 2 is 2.06 bits per heavy atom. The highest BCUT2D eigenvalue weighted by Gasteiger charge is 2.16. The van der Waals surface area contributed by atoms with E-state index < -0.39 is 0 Å². The van der Waals surface area contributed by atoms with Crippen molar-refractivity contribution < 1.29 is 4.79 Å². The second kappa shape index (κ2) is 4.74. The van der Waals surface area contributed by atoms with Gasteiger partial charge in [0.1, 0.15) is 0 Å². The summed E-state index contributed by atoms with van der Waals surface area (Å²) in [7, 11) is 0. The summed E-state index contributed by atoms with van der Waals surface area (Å²) in [5.41, 5.74) is 1.87. The van der Waals surface area contributed by atoms with Gasteiger partial charge in [-0.3, -0.25) is 4.79 Å². The Balaban J connectivity index is 2.31. The molecule has 86 valence electrons. The molecule has 0 radical (unpaired) electrons. The van der Waals surface area contributed by atoms with Crippen molar-refractivity contribution in [1.82, 2.24) is 0 Å². The maximum absolute atomic E-state index is 11.1. The zero-order valence-electron chi connectivity index (χ0n) is 9.29. The van der Waals surface area contributed by atoms with Gasteiger partial charge >= 0.3 is 0 Å². The number of halogens is 1. The molecule has 1 aromatic rings. The summed E-state index contributed by atoms with van der Waals surface area (Å²) in [6.45, 7) is 3.59. The molecule has 1 heterocycles. The van der Waals surface area contributed by atoms with Crippen LogP contribution in [-0.4, -0.2) is 19.0 Å². The fraction of sp³-hybridized carbons (Fsp3) is 0.417. The van der Waals surface area contributed by atoms with Crippen LogP contribution in [0.15, 0.2) is 18.2 Å². The second-order valence-corrected chi connectivity index (χ2v) is 4.47. The highest BCUT2D eigenvalue weighted by atomic mass is 35.5. The molecule has 3 nitrogen and oxygen atoms in total. The summed E-state index contributed by atoms with van der Waals surface area (Å²) in [5.74, 6) is -0.0530. The van der Waals surface area contributed by atoms with Gasteiger partial charge in [0, 0.05) is 25.0 Å². The molecule has 1 aromatic carbocycles. The Bertz CT molecular complexity index is 400. The average molecular weight is 239 g/mol. The Kier molecular flexibility index (Phi) is 3.34. The first-order valence-electron chi connectivity index (χ1n) is 5.49. The van der Waals surface area contributed by atoms with E-state index in [1.54, 1.807) is 6.07 Å². The lowest BCUT2D eigenvalue weighted by Crippen LogP contribution is -2.20. The quantitative estimate of drug-likeness (QED) is 0.859. The predicted molar refractivity (Wildman–Crippen MR) is 67.2 cm³/mol. The minimum atomic E-state index is -0.0530. The van der Waals surface area contributed by atoms with Gasteiger partial charge in [-0.25, -0.2) is 0 Å². The number of amides is 1. The first-order chi connectivity index (χ1) is 7.66. The molecule has 0 aromatic heterocycles. The van der Waals surface area contributed by atoms with E-state index in [0.717, 1.165) is 24.5 Å². The van der Waals surface area contributed by atoms with E-state index in [4.69, 9.17) is 11.6 Å². The third kappa shape index (κ3) is 2.47. The van der Waals surface area contributed by atoms with E-state index >= 15 is 0 Å². The van der Waals surface area contributed by atoms with Crippen molar-refractivity contribution in [2.45, 2.75) is 19.8 Å². The van der Waals surface area contributed by atoms with Gasteiger partial charge < -0.3 is 10.2 Å². The monoisotopic (exact) mass is 238 g/mol. The molecule has 1 amide bonds. The topological polar surface area (TPSA) is 32.3 Å². The van der Waals surface area contributed by atoms with E-state index in [9.17, 15) is 4.79 Å². The van der Waals surface area contributed by atoms with E-state index in [-0.39, 0.29) is 5.91 Å². The predicted octanol–water partition coefficient (Wildman–Crippen LogP) is 2.90. The van der Waals surface area contributed by atoms with Crippen molar-refractivity contribution >= 4 is 28.9 Å². The molecule has 1 aliphatic rings. The average Bonchev–Trinajstić information content (AvgIpc) is 2.73. The van der Waals surface area contributed by atoms with Gasteiger partial charge in [-0.1, -0.05) is 11.6 Å². The smallest absolute Gasteiger partial charge is 0.221 e. The van der Waals surface area contributed by atoms with Crippen LogP contribution < -0.4 is 10.2 Å². The lowest BCUT2D eigenvalue weighted by Gasteiger charge is -2.21. The fourth-order valence-electron chi connectivity index (χ4n) is 2.02. The largest absolute Gasteiger partial charge is 0.370 e. The van der Waals surface area contributed by atoms with Crippen LogP contribution in [-0.2, 0) is 4.79 Å². The third-order valence-electron chi connectivity index (χ3n) is 2.72. The number of nitrogens with zero attached hydrogens (tertiary/aromatic N) is 1. The van der Waals surface area contributed by atoms with Gasteiger partial charge in [-0.05, 0) is 31.0 Å². The van der Waals surface area contributed by atoms with Crippen LogP contribution in [0.5, 0.6) is 0 Å². The highest BCUT2D eigenvalue weighted by molar-refractivity contribution is 6.31. The normalized spacial score (nSPS) is 15.2. The van der Waals surface area contributed by atoms with Gasteiger partial charge in [0.25, 0.3) is 0 Å². The highest BCUT2D eigenvalue weighted by Crippen LogP contribution is 2.31. The lowest BCUT2D eigenvalue weighted by molar-refractivity contribution is -0.114. The van der Waals surface area contributed by atoms with Crippen LogP contribution in [0.25, 0.3) is 0 Å². The molecule has 0 atom stereocenters. The fourth-order valence-corrected chi connectivity index (χ4v) is 2.19. The Morgan fingerprint density at radius 1 is 1.38 bits per heavy atom. The third-order valence-corrected chi connectivity index (χ3v) is 2.95. The minimum absolute atomic E-state index is 0.0530. The van der Waals surface area contributed by atoms with E-state index in [1.807, 2.05) is 12.1 Å². The van der Waals surface area contributed by atoms with E-state index in [1.165, 1.54) is 19.8 Å². The lowest BCUT2D eigenvalue weighted by atomic mass is 10.2. The molecule has 0 spiro atoms. The SMILES string of the molecule is CC(=O)Nc1ccc(Cl)cc1N1CCCC1. The number of rotatable bonds is 2. The van der Waals surface area contributed by atoms with Crippen molar-refractivity contribution in [2.24, 2.45) is 0 Å². The summed E-state index contributed by atoms with van der Waals surface area (Å²) in [4.78, 5) is 13.4. The first kappa shape index (κ1) is 11.3. The van der Waals surface area contributed by atoms with Gasteiger partial charge in [0.05, 0.1) is 11.4 Å². The van der Waals surface area contributed by atoms with Crippen molar-refractivity contribution in [3.05, 3.63) is 23.2 Å². The van der Waals surface area contributed by atoms with Crippen molar-refractivity contribution in [3.8, 4) is 0 Å². The van der Waals surface area contributed by atoms with Crippen molar-refractivity contribution in [3.63, 3.8) is 0 Å². The number of nitrogens with one attached hydrogen (secondary N) is 1. The molecule has 0 bridgehead atoms. The van der Waals surface area contributed by atoms with Crippen LogP contribution in [0.1, 0.15) is 19.8 Å². The number of hydrogen-bond donors (Lipinski definition) is 1. The summed E-state index contributed by atoms with van der Waals surface area (Å²) in [6, 6.07) is 5.57. The number of carbonyl (C=O) groups excluding carboxylic acids is 1. The van der Waals surface area contributed by atoms with Crippen molar-refractivity contribution in [2.75, 3.05) is 23.3 Å². The standard InChI is InChI=1S/C12H15ClN2O/c1-9(16)14-11-5-4-10(13)8-12(11)15-6-2-3-7-15/h4-5,8H,2-3,6-7H2,1H3,(H,14,16). The second-order valence-electron chi connectivity index (χ2n) is 4.04. The molecule has 0 aliphatic carbocycles. The Hall–Kier alpha value is -1.22. The Morgan fingerprint density at radius 3 is 2.69 bits per heavy atom. The number of anilines is 2. The molecular formula is C12H15ClN2O. The van der Waals surface area contributed by atoms with Gasteiger partial charge in [0.2, 0.25) is 5.91 Å². The van der Waals surface area contributed by atoms with E-state index in [2.05, 4.69) is 10.2 Å². The zero-order valence-corrected chi connectivity index (χ0v) is 10.0. The van der Waals surface area contributed by atoms with Crippen molar-refractivity contribution in [1.29, 1.82) is 0 Å². The van der Waals surface area contributed by atoms with Crippen LogP contribution in [0, 0.1) is 0 Å². The Labute approximate surface area is 100 Å². The first-order valence-corrected chi connectivity index (χ1v) is 5.87. The summed E-state index contributed by atoms with van der Waals surface area (Å²) >= 11 is 5.99. The molecule has 1 aliphatic heterocycles. The molecular weight excluding hydrogens is 224 g/mol. The summed E-state index contributed by atoms with van der Waals surface area (Å²) in [6.07, 6.45) is 2.40. The number of hydrogen-bond acceptors (Lipinski definition) is 2. The molecule has 2 rings (SSSR count). The number of benzene rings is 1. The van der Waals surface area contributed by atoms with Crippen LogP contribution >= 0.6 is 11.6 Å². The van der Waals surface area contributed by atoms with Gasteiger partial charge in [-0.2, -0.15) is 0 Å². The summed E-state index contributed by atoms with van der Waals surface area (Å²) in [5, 5.41) is 3.54. The van der Waals surface area contributed by atoms with Crippen LogP contribution in [0.2, 0.25) is 5.02 Å². The molecule has 0 unspecified atom stereocenters. The zero-order chi connectivity index (χ0) is 11.5. The molecule has 4 heteroatoms. The summed E-state index contributed by atoms with van der Waals surface area (Å²) < 4.78 is 0. The van der Waals surface area contributed by atoms with Gasteiger partial charge in [0.15, 0.2) is 0 Å². The molecule has 1 fully saturated rings. The molecule has 1 N–H and O–H groups in total. The van der Waals surface area contributed by atoms with Crippen LogP contribution in [0.3, 0.4) is 0 Å². The number of carbonyl (C=O) groups is 1. The maximum Gasteiger partial charge on any atom is 0.221 e.